The number of amides is 2. The zero-order chi connectivity index (χ0) is 17.3. The van der Waals surface area contributed by atoms with E-state index in [0.29, 0.717) is 17.0 Å². The van der Waals surface area contributed by atoms with Gasteiger partial charge in [-0.3, -0.25) is 10.00 Å². The number of rotatable bonds is 2. The van der Waals surface area contributed by atoms with Gasteiger partial charge < -0.3 is 9.32 Å². The molecule has 2 aromatic rings. The Bertz CT molecular complexity index is 723. The van der Waals surface area contributed by atoms with Crippen molar-refractivity contribution in [2.45, 2.75) is 44.9 Å². The van der Waals surface area contributed by atoms with Gasteiger partial charge in [-0.25, -0.2) is 4.79 Å². The second-order valence-corrected chi connectivity index (χ2v) is 7.53. The van der Waals surface area contributed by atoms with Crippen molar-refractivity contribution in [3.8, 4) is 11.5 Å². The number of carbonyl (C=O) groups is 1. The molecule has 2 aromatic heterocycles. The van der Waals surface area contributed by atoms with Crippen LogP contribution in [0.4, 0.5) is 10.6 Å². The quantitative estimate of drug-likeness (QED) is 0.887. The third-order valence-corrected chi connectivity index (χ3v) is 5.75. The summed E-state index contributed by atoms with van der Waals surface area (Å²) < 4.78 is 7.08. The Morgan fingerprint density at radius 1 is 1.24 bits per heavy atom. The maximum atomic E-state index is 12.8. The molecule has 1 aliphatic heterocycles. The maximum absolute atomic E-state index is 12.8. The van der Waals surface area contributed by atoms with Crippen LogP contribution in [-0.2, 0) is 7.05 Å². The first kappa shape index (κ1) is 16.2. The zero-order valence-electron chi connectivity index (χ0n) is 14.8. The van der Waals surface area contributed by atoms with Crippen LogP contribution in [-0.4, -0.2) is 33.8 Å². The molecule has 4 rings (SSSR count). The highest BCUT2D eigenvalue weighted by Gasteiger charge is 2.38. The van der Waals surface area contributed by atoms with E-state index in [4.69, 9.17) is 4.42 Å². The van der Waals surface area contributed by atoms with Gasteiger partial charge in [-0.2, -0.15) is 5.10 Å². The Hall–Kier alpha value is -2.24. The molecule has 0 atom stereocenters. The van der Waals surface area contributed by atoms with Crippen LogP contribution in [0, 0.1) is 5.41 Å². The van der Waals surface area contributed by atoms with Crippen LogP contribution in [0.1, 0.15) is 44.9 Å². The lowest BCUT2D eigenvalue weighted by molar-refractivity contribution is 0.0749. The molecule has 2 aliphatic rings. The van der Waals surface area contributed by atoms with E-state index in [1.165, 1.54) is 38.5 Å². The molecule has 1 N–H and O–H groups in total. The lowest BCUT2D eigenvalue weighted by atomic mass is 9.69. The van der Waals surface area contributed by atoms with Gasteiger partial charge in [-0.05, 0) is 43.2 Å². The largest absolute Gasteiger partial charge is 0.463 e. The average Bonchev–Trinajstić information content (AvgIpc) is 3.26. The number of nitrogens with zero attached hydrogens (tertiary/aromatic N) is 3. The summed E-state index contributed by atoms with van der Waals surface area (Å²) in [6, 6.07) is 5.54. The summed E-state index contributed by atoms with van der Waals surface area (Å²) in [6.07, 6.45) is 10.5. The van der Waals surface area contributed by atoms with Gasteiger partial charge in [0, 0.05) is 26.2 Å². The van der Waals surface area contributed by atoms with E-state index < -0.39 is 0 Å². The van der Waals surface area contributed by atoms with E-state index in [1.54, 1.807) is 10.9 Å². The standard InChI is InChI=1S/C19H26N4O2/c1-22-17(13-15(21-22)16-7-5-12-25-16)20-18(24)23-11-6-10-19(14-23)8-3-2-4-9-19/h5,7,12-13H,2-4,6,8-11,14H2,1H3,(H,20,24). The molecule has 134 valence electrons. The number of furan rings is 1. The van der Waals surface area contributed by atoms with Gasteiger partial charge >= 0.3 is 6.03 Å². The predicted molar refractivity (Wildman–Crippen MR) is 96.3 cm³/mol. The van der Waals surface area contributed by atoms with E-state index in [2.05, 4.69) is 10.4 Å². The molecule has 0 bridgehead atoms. The van der Waals surface area contributed by atoms with Crippen LogP contribution in [0.25, 0.3) is 11.5 Å². The second kappa shape index (κ2) is 6.58. The monoisotopic (exact) mass is 342 g/mol. The Labute approximate surface area is 148 Å². The summed E-state index contributed by atoms with van der Waals surface area (Å²) in [6.45, 7) is 1.73. The first-order valence-electron chi connectivity index (χ1n) is 9.29. The van der Waals surface area contributed by atoms with Crippen molar-refractivity contribution >= 4 is 11.8 Å². The number of hydrogen-bond donors (Lipinski definition) is 1. The van der Waals surface area contributed by atoms with E-state index in [9.17, 15) is 4.79 Å². The van der Waals surface area contributed by atoms with Crippen LogP contribution in [0.15, 0.2) is 28.9 Å². The van der Waals surface area contributed by atoms with Gasteiger partial charge in [-0.15, -0.1) is 0 Å². The molecule has 1 spiro atoms. The first-order chi connectivity index (χ1) is 12.2. The van der Waals surface area contributed by atoms with Crippen LogP contribution in [0.5, 0.6) is 0 Å². The minimum atomic E-state index is -0.0151. The molecular formula is C19H26N4O2. The number of carbonyl (C=O) groups excluding carboxylic acids is 1. The fraction of sp³-hybridized carbons (Fsp3) is 0.579. The average molecular weight is 342 g/mol. The number of aryl methyl sites for hydroxylation is 1. The molecule has 25 heavy (non-hydrogen) atoms. The van der Waals surface area contributed by atoms with Crippen LogP contribution >= 0.6 is 0 Å². The summed E-state index contributed by atoms with van der Waals surface area (Å²) in [5.41, 5.74) is 1.09. The molecule has 1 saturated heterocycles. The van der Waals surface area contributed by atoms with Gasteiger partial charge in [0.15, 0.2) is 5.76 Å². The molecular weight excluding hydrogens is 316 g/mol. The van der Waals surface area contributed by atoms with Crippen molar-refractivity contribution in [3.05, 3.63) is 24.5 Å². The number of likely N-dealkylation sites (tertiary alicyclic amines) is 1. The third-order valence-electron chi connectivity index (χ3n) is 5.75. The highest BCUT2D eigenvalue weighted by atomic mass is 16.3. The first-order valence-corrected chi connectivity index (χ1v) is 9.29. The second-order valence-electron chi connectivity index (χ2n) is 7.53. The van der Waals surface area contributed by atoms with E-state index in [1.807, 2.05) is 30.1 Å². The van der Waals surface area contributed by atoms with Gasteiger partial charge in [-0.1, -0.05) is 19.3 Å². The maximum Gasteiger partial charge on any atom is 0.323 e. The molecule has 1 aliphatic carbocycles. The highest BCUT2D eigenvalue weighted by molar-refractivity contribution is 5.89. The number of hydrogen-bond acceptors (Lipinski definition) is 3. The van der Waals surface area contributed by atoms with E-state index in [0.717, 1.165) is 25.2 Å². The zero-order valence-corrected chi connectivity index (χ0v) is 14.8. The van der Waals surface area contributed by atoms with Crippen molar-refractivity contribution in [1.29, 1.82) is 0 Å². The van der Waals surface area contributed by atoms with Crippen molar-refractivity contribution in [2.24, 2.45) is 12.5 Å². The molecule has 0 radical (unpaired) electrons. The number of piperidine rings is 1. The predicted octanol–water partition coefficient (Wildman–Crippen LogP) is 4.26. The minimum Gasteiger partial charge on any atom is -0.463 e. The minimum absolute atomic E-state index is 0.0151. The van der Waals surface area contributed by atoms with E-state index in [-0.39, 0.29) is 6.03 Å². The Kier molecular flexibility index (Phi) is 4.27. The fourth-order valence-electron chi connectivity index (χ4n) is 4.41. The molecule has 0 aromatic carbocycles. The number of anilines is 1. The fourth-order valence-corrected chi connectivity index (χ4v) is 4.41. The Morgan fingerprint density at radius 2 is 2.04 bits per heavy atom. The van der Waals surface area contributed by atoms with Crippen LogP contribution < -0.4 is 5.32 Å². The molecule has 2 amide bonds. The normalized spacial score (nSPS) is 20.0. The molecule has 3 heterocycles. The molecule has 6 heteroatoms. The summed E-state index contributed by atoms with van der Waals surface area (Å²) >= 11 is 0. The highest BCUT2D eigenvalue weighted by Crippen LogP contribution is 2.43. The van der Waals surface area contributed by atoms with Gasteiger partial charge in [0.2, 0.25) is 0 Å². The van der Waals surface area contributed by atoms with Crippen molar-refractivity contribution in [1.82, 2.24) is 14.7 Å². The Balaban J connectivity index is 1.45. The third kappa shape index (κ3) is 3.30. The summed E-state index contributed by atoms with van der Waals surface area (Å²) in [5, 5.41) is 7.45. The lowest BCUT2D eigenvalue weighted by Crippen LogP contribution is -2.48. The lowest BCUT2D eigenvalue weighted by Gasteiger charge is -2.45. The smallest absolute Gasteiger partial charge is 0.323 e. The van der Waals surface area contributed by atoms with Gasteiger partial charge in [0.1, 0.15) is 11.5 Å². The molecule has 2 fully saturated rings. The summed E-state index contributed by atoms with van der Waals surface area (Å²) in [7, 11) is 1.83. The molecule has 0 unspecified atom stereocenters. The number of nitrogens with one attached hydrogen (secondary N) is 1. The van der Waals surface area contributed by atoms with Crippen LogP contribution in [0.3, 0.4) is 0 Å². The number of aromatic nitrogens is 2. The van der Waals surface area contributed by atoms with Crippen molar-refractivity contribution in [3.63, 3.8) is 0 Å². The molecule has 6 nitrogen and oxygen atoms in total. The summed E-state index contributed by atoms with van der Waals surface area (Å²) in [4.78, 5) is 14.8. The topological polar surface area (TPSA) is 63.3 Å². The van der Waals surface area contributed by atoms with Gasteiger partial charge in [0.25, 0.3) is 0 Å². The molecule has 1 saturated carbocycles. The van der Waals surface area contributed by atoms with E-state index >= 15 is 0 Å². The van der Waals surface area contributed by atoms with Crippen LogP contribution in [0.2, 0.25) is 0 Å². The van der Waals surface area contributed by atoms with Crippen molar-refractivity contribution in [2.75, 3.05) is 18.4 Å². The van der Waals surface area contributed by atoms with Crippen molar-refractivity contribution < 1.29 is 9.21 Å². The van der Waals surface area contributed by atoms with Gasteiger partial charge in [0.05, 0.1) is 6.26 Å². The Morgan fingerprint density at radius 3 is 2.80 bits per heavy atom. The number of urea groups is 1. The summed E-state index contributed by atoms with van der Waals surface area (Å²) in [5.74, 6) is 1.40. The SMILES string of the molecule is Cn1nc(-c2ccco2)cc1NC(=O)N1CCCC2(CCCCC2)C1.